The average molecular weight is 424 g/mol. The molecule has 4 nitrogen and oxygen atoms in total. The number of hydrogen-bond donors (Lipinski definition) is 1. The first-order valence-corrected chi connectivity index (χ1v) is 9.14. The number of carbonyl (C=O) groups is 1. The Morgan fingerprint density at radius 1 is 1.11 bits per heavy atom. The van der Waals surface area contributed by atoms with Crippen LogP contribution in [0.4, 0.5) is 10.1 Å². The lowest BCUT2D eigenvalue weighted by molar-refractivity contribution is 0.102. The van der Waals surface area contributed by atoms with E-state index >= 15 is 0 Å². The van der Waals surface area contributed by atoms with Crippen molar-refractivity contribution < 1.29 is 9.18 Å². The molecule has 0 aliphatic rings. The lowest BCUT2D eigenvalue weighted by atomic mass is 10.1. The predicted molar refractivity (Wildman–Crippen MR) is 107 cm³/mol. The third-order valence-corrected chi connectivity index (χ3v) is 4.74. The van der Waals surface area contributed by atoms with Gasteiger partial charge in [-0.25, -0.2) is 4.39 Å². The van der Waals surface area contributed by atoms with Crippen LogP contribution in [0, 0.1) is 5.82 Å². The van der Waals surface area contributed by atoms with Crippen molar-refractivity contribution in [2.45, 2.75) is 6.54 Å². The highest BCUT2D eigenvalue weighted by molar-refractivity contribution is 9.10. The summed E-state index contributed by atoms with van der Waals surface area (Å²) in [4.78, 5) is 16.7. The van der Waals surface area contributed by atoms with E-state index in [1.54, 1.807) is 36.5 Å². The normalized spacial score (nSPS) is 10.9. The van der Waals surface area contributed by atoms with Gasteiger partial charge in [0.2, 0.25) is 0 Å². The third kappa shape index (κ3) is 3.90. The first kappa shape index (κ1) is 17.4. The molecular formula is C21H15BrFN3O. The summed E-state index contributed by atoms with van der Waals surface area (Å²) in [6, 6.07) is 15.6. The van der Waals surface area contributed by atoms with Gasteiger partial charge in [-0.05, 0) is 60.2 Å². The van der Waals surface area contributed by atoms with Crippen LogP contribution in [0.2, 0.25) is 0 Å². The number of carbonyl (C=O) groups excluding carboxylic acids is 1. The summed E-state index contributed by atoms with van der Waals surface area (Å²) in [6.45, 7) is 0.666. The molecular weight excluding hydrogens is 409 g/mol. The molecule has 6 heteroatoms. The molecule has 2 aromatic carbocycles. The minimum Gasteiger partial charge on any atom is -0.350 e. The number of nitrogens with one attached hydrogen (secondary N) is 1. The van der Waals surface area contributed by atoms with E-state index in [1.807, 2.05) is 35.2 Å². The highest BCUT2D eigenvalue weighted by Crippen LogP contribution is 2.23. The Balaban J connectivity index is 1.59. The number of halogens is 2. The number of fused-ring (bicyclic) bond motifs is 1. The topological polar surface area (TPSA) is 46.9 Å². The molecule has 0 unspecified atom stereocenters. The van der Waals surface area contributed by atoms with E-state index in [2.05, 4.69) is 26.2 Å². The number of pyridine rings is 1. The van der Waals surface area contributed by atoms with Gasteiger partial charge in [-0.15, -0.1) is 0 Å². The van der Waals surface area contributed by atoms with Crippen LogP contribution < -0.4 is 5.32 Å². The Bertz CT molecular complexity index is 1110. The van der Waals surface area contributed by atoms with Crippen molar-refractivity contribution in [2.24, 2.45) is 0 Å². The summed E-state index contributed by atoms with van der Waals surface area (Å²) < 4.78 is 17.4. The van der Waals surface area contributed by atoms with Crippen molar-refractivity contribution in [2.75, 3.05) is 5.32 Å². The van der Waals surface area contributed by atoms with Crippen LogP contribution in [0.15, 0.2) is 77.7 Å². The minimum absolute atomic E-state index is 0.112. The smallest absolute Gasteiger partial charge is 0.255 e. The van der Waals surface area contributed by atoms with Gasteiger partial charge < -0.3 is 9.88 Å². The number of aromatic nitrogens is 2. The largest absolute Gasteiger partial charge is 0.350 e. The molecule has 0 saturated heterocycles. The van der Waals surface area contributed by atoms with E-state index in [0.717, 1.165) is 10.0 Å². The Hall–Kier alpha value is -2.99. The van der Waals surface area contributed by atoms with Crippen LogP contribution >= 0.6 is 15.9 Å². The molecule has 0 aliphatic heterocycles. The number of benzene rings is 2. The molecule has 0 atom stereocenters. The van der Waals surface area contributed by atoms with Gasteiger partial charge in [0.1, 0.15) is 5.82 Å². The van der Waals surface area contributed by atoms with E-state index in [4.69, 9.17) is 0 Å². The summed E-state index contributed by atoms with van der Waals surface area (Å²) in [5.74, 6) is -0.863. The Kier molecular flexibility index (Phi) is 4.73. The molecule has 0 saturated carbocycles. The molecule has 0 radical (unpaired) electrons. The quantitative estimate of drug-likeness (QED) is 0.487. The summed E-state index contributed by atoms with van der Waals surface area (Å²) in [5.41, 5.74) is 2.16. The highest BCUT2D eigenvalue weighted by atomic mass is 79.9. The molecule has 1 amide bonds. The van der Waals surface area contributed by atoms with Gasteiger partial charge in [0.05, 0.1) is 11.2 Å². The van der Waals surface area contributed by atoms with Crippen molar-refractivity contribution in [3.8, 4) is 0 Å². The summed E-state index contributed by atoms with van der Waals surface area (Å²) >= 11 is 3.32. The van der Waals surface area contributed by atoms with Crippen LogP contribution in [0.25, 0.3) is 10.9 Å². The minimum atomic E-state index is -0.493. The molecule has 4 rings (SSSR count). The summed E-state index contributed by atoms with van der Waals surface area (Å²) in [7, 11) is 0. The number of anilines is 1. The summed E-state index contributed by atoms with van der Waals surface area (Å²) in [5, 5.41) is 3.31. The monoisotopic (exact) mass is 423 g/mol. The predicted octanol–water partition coefficient (Wildman–Crippen LogP) is 5.24. The van der Waals surface area contributed by atoms with Crippen molar-refractivity contribution in [1.82, 2.24) is 9.55 Å². The van der Waals surface area contributed by atoms with Crippen LogP contribution in [0.5, 0.6) is 0 Å². The lowest BCUT2D eigenvalue weighted by Crippen LogP contribution is -2.13. The van der Waals surface area contributed by atoms with Crippen molar-refractivity contribution >= 4 is 38.4 Å². The fraction of sp³-hybridized carbons (Fsp3) is 0.0476. The lowest BCUT2D eigenvalue weighted by Gasteiger charge is -2.09. The van der Waals surface area contributed by atoms with Crippen LogP contribution in [0.1, 0.15) is 15.9 Å². The fourth-order valence-electron chi connectivity index (χ4n) is 2.86. The average Bonchev–Trinajstić information content (AvgIpc) is 3.16. The van der Waals surface area contributed by atoms with Gasteiger partial charge in [0.25, 0.3) is 5.91 Å². The molecule has 0 fully saturated rings. The molecule has 1 N–H and O–H groups in total. The second-order valence-electron chi connectivity index (χ2n) is 6.18. The molecule has 0 aliphatic carbocycles. The van der Waals surface area contributed by atoms with Crippen molar-refractivity contribution in [1.29, 1.82) is 0 Å². The van der Waals surface area contributed by atoms with E-state index in [9.17, 15) is 9.18 Å². The van der Waals surface area contributed by atoms with Gasteiger partial charge >= 0.3 is 0 Å². The molecule has 4 aromatic rings. The molecule has 2 aromatic heterocycles. The SMILES string of the molecule is O=C(Nc1cc2ncc(Cn3cccc3)cc2cc1F)c1ccc(Br)cc1. The second-order valence-corrected chi connectivity index (χ2v) is 7.10. The van der Waals surface area contributed by atoms with E-state index in [0.29, 0.717) is 23.0 Å². The van der Waals surface area contributed by atoms with Crippen LogP contribution in [-0.4, -0.2) is 15.5 Å². The van der Waals surface area contributed by atoms with E-state index in [-0.39, 0.29) is 11.6 Å². The van der Waals surface area contributed by atoms with Gasteiger partial charge in [-0.3, -0.25) is 9.78 Å². The zero-order chi connectivity index (χ0) is 18.8. The molecule has 134 valence electrons. The Labute approximate surface area is 163 Å². The molecule has 0 spiro atoms. The molecule has 2 heterocycles. The van der Waals surface area contributed by atoms with Crippen molar-refractivity contribution in [3.63, 3.8) is 0 Å². The summed E-state index contributed by atoms with van der Waals surface area (Å²) in [6.07, 6.45) is 5.69. The molecule has 27 heavy (non-hydrogen) atoms. The number of rotatable bonds is 4. The van der Waals surface area contributed by atoms with E-state index in [1.165, 1.54) is 6.07 Å². The Morgan fingerprint density at radius 3 is 2.59 bits per heavy atom. The maximum absolute atomic E-state index is 14.5. The third-order valence-electron chi connectivity index (χ3n) is 4.21. The number of nitrogens with zero attached hydrogens (tertiary/aromatic N) is 2. The van der Waals surface area contributed by atoms with Crippen molar-refractivity contribution in [3.05, 3.63) is 94.6 Å². The zero-order valence-corrected chi connectivity index (χ0v) is 15.8. The number of amides is 1. The van der Waals surface area contributed by atoms with Gasteiger partial charge in [0, 0.05) is 40.6 Å². The van der Waals surface area contributed by atoms with Gasteiger partial charge in [-0.2, -0.15) is 0 Å². The van der Waals surface area contributed by atoms with Gasteiger partial charge in [-0.1, -0.05) is 15.9 Å². The van der Waals surface area contributed by atoms with Crippen LogP contribution in [0.3, 0.4) is 0 Å². The van der Waals surface area contributed by atoms with Gasteiger partial charge in [0.15, 0.2) is 0 Å². The zero-order valence-electron chi connectivity index (χ0n) is 14.2. The highest BCUT2D eigenvalue weighted by Gasteiger charge is 2.11. The van der Waals surface area contributed by atoms with Crippen LogP contribution in [-0.2, 0) is 6.54 Å². The first-order chi connectivity index (χ1) is 13.1. The fourth-order valence-corrected chi connectivity index (χ4v) is 3.12. The molecule has 0 bridgehead atoms. The number of hydrogen-bond acceptors (Lipinski definition) is 2. The van der Waals surface area contributed by atoms with E-state index < -0.39 is 5.82 Å². The Morgan fingerprint density at radius 2 is 1.85 bits per heavy atom. The standard InChI is InChI=1S/C21H15BrFN3O/c22-17-5-3-15(4-6-17)21(27)25-20-11-19-16(10-18(20)23)9-14(12-24-19)13-26-7-1-2-8-26/h1-12H,13H2,(H,25,27). The maximum atomic E-state index is 14.5. The maximum Gasteiger partial charge on any atom is 0.255 e. The second kappa shape index (κ2) is 7.32. The first-order valence-electron chi connectivity index (χ1n) is 8.34.